The third kappa shape index (κ3) is 8.85. The summed E-state index contributed by atoms with van der Waals surface area (Å²) in [6.45, 7) is 14.8. The Morgan fingerprint density at radius 3 is 2.52 bits per heavy atom. The van der Waals surface area contributed by atoms with E-state index in [1.54, 1.807) is 24.1 Å². The Kier molecular flexibility index (Phi) is 13.3. The summed E-state index contributed by atoms with van der Waals surface area (Å²) in [7, 11) is 1.79. The van der Waals surface area contributed by atoms with Gasteiger partial charge in [0.05, 0.1) is 24.8 Å². The fourth-order valence-electron chi connectivity index (χ4n) is 8.83. The van der Waals surface area contributed by atoms with Gasteiger partial charge in [-0.1, -0.05) is 61.0 Å². The van der Waals surface area contributed by atoms with Gasteiger partial charge in [0.2, 0.25) is 5.79 Å². The van der Waals surface area contributed by atoms with Crippen molar-refractivity contribution in [1.29, 1.82) is 0 Å². The van der Waals surface area contributed by atoms with Crippen LogP contribution in [0, 0.1) is 17.8 Å². The molecule has 302 valence electrons. The van der Waals surface area contributed by atoms with Crippen molar-refractivity contribution in [3.05, 3.63) is 96.7 Å². The van der Waals surface area contributed by atoms with Crippen LogP contribution in [0.15, 0.2) is 90.6 Å². The maximum Gasteiger partial charge on any atom is 0.317 e. The number of hydrogen-bond acceptors (Lipinski definition) is 8. The molecule has 2 amide bonds. The quantitative estimate of drug-likeness (QED) is 0.0585. The number of ether oxygens (including phenoxy) is 3. The number of nitrogens with zero attached hydrogens (tertiary/aromatic N) is 2. The SMILES string of the molecule is C=CCOc1ccc2c(c1)C1C(CCCCO)C(CCCCO)C=C3C(=NOC(C)(C)C)CC(N(C)C(=O)NCc4cc5ccccc5[nH]4)C(OCC=C)(O2)C31. The molecule has 0 spiro atoms. The van der Waals surface area contributed by atoms with Gasteiger partial charge >= 0.3 is 6.03 Å². The fourth-order valence-corrected chi connectivity index (χ4v) is 8.83. The lowest BCUT2D eigenvalue weighted by Gasteiger charge is -2.59. The van der Waals surface area contributed by atoms with Crippen molar-refractivity contribution in [2.24, 2.45) is 22.9 Å². The zero-order chi connectivity index (χ0) is 39.9. The molecule has 0 bridgehead atoms. The third-order valence-electron chi connectivity index (χ3n) is 11.2. The molecule has 6 atom stereocenters. The Balaban J connectivity index is 1.50. The molecule has 56 heavy (non-hydrogen) atoms. The molecule has 1 aromatic heterocycles. The number of carbonyl (C=O) groups is 1. The number of likely N-dealkylation sites (N-methyl/N-ethyl adjacent to an activating group) is 1. The summed E-state index contributed by atoms with van der Waals surface area (Å²) in [5, 5.41) is 28.8. The maximum atomic E-state index is 14.3. The summed E-state index contributed by atoms with van der Waals surface area (Å²) >= 11 is 0. The number of aromatic nitrogens is 1. The first-order valence-electron chi connectivity index (χ1n) is 20.1. The van der Waals surface area contributed by atoms with Crippen LogP contribution in [0.25, 0.3) is 10.9 Å². The average molecular weight is 769 g/mol. The predicted octanol–water partition coefficient (Wildman–Crippen LogP) is 8.01. The Bertz CT molecular complexity index is 1860. The average Bonchev–Trinajstić information content (AvgIpc) is 3.61. The van der Waals surface area contributed by atoms with Crippen molar-refractivity contribution in [2.75, 3.05) is 33.5 Å². The Morgan fingerprint density at radius 1 is 1.05 bits per heavy atom. The molecule has 11 heteroatoms. The smallest absolute Gasteiger partial charge is 0.317 e. The zero-order valence-electron chi connectivity index (χ0n) is 33.5. The van der Waals surface area contributed by atoms with Crippen LogP contribution in [-0.4, -0.2) is 82.7 Å². The summed E-state index contributed by atoms with van der Waals surface area (Å²) in [4.78, 5) is 25.6. The number of urea groups is 1. The first-order valence-corrected chi connectivity index (χ1v) is 20.1. The number of rotatable bonds is 18. The molecule has 0 saturated heterocycles. The molecule has 6 unspecified atom stereocenters. The first-order chi connectivity index (χ1) is 27.0. The summed E-state index contributed by atoms with van der Waals surface area (Å²) in [5.74, 6) is -0.247. The fraction of sp³-hybridized carbons (Fsp3) is 0.511. The third-order valence-corrected chi connectivity index (χ3v) is 11.2. The Hall–Kier alpha value is -4.58. The van der Waals surface area contributed by atoms with E-state index in [0.717, 1.165) is 59.1 Å². The molecule has 0 radical (unpaired) electrons. The van der Waals surface area contributed by atoms with Crippen molar-refractivity contribution in [1.82, 2.24) is 15.2 Å². The second-order valence-corrected chi connectivity index (χ2v) is 16.2. The number of aliphatic hydroxyl groups excluding tert-OH is 2. The number of hydrogen-bond donors (Lipinski definition) is 4. The van der Waals surface area contributed by atoms with E-state index < -0.39 is 23.3 Å². The summed E-state index contributed by atoms with van der Waals surface area (Å²) in [5.41, 5.74) is 4.08. The molecule has 4 N–H and O–H groups in total. The summed E-state index contributed by atoms with van der Waals surface area (Å²) < 4.78 is 20.3. The van der Waals surface area contributed by atoms with Crippen molar-refractivity contribution in [3.63, 3.8) is 0 Å². The van der Waals surface area contributed by atoms with Gasteiger partial charge in [-0.3, -0.25) is 0 Å². The van der Waals surface area contributed by atoms with E-state index in [4.69, 9.17) is 24.2 Å². The molecular formula is C45H60N4O7. The molecule has 1 fully saturated rings. The zero-order valence-corrected chi connectivity index (χ0v) is 33.5. The van der Waals surface area contributed by atoms with E-state index >= 15 is 0 Å². The van der Waals surface area contributed by atoms with E-state index in [-0.39, 0.29) is 43.6 Å². The van der Waals surface area contributed by atoms with E-state index in [2.05, 4.69) is 35.6 Å². The van der Waals surface area contributed by atoms with E-state index in [1.807, 2.05) is 63.2 Å². The van der Waals surface area contributed by atoms with Gasteiger partial charge in [0.15, 0.2) is 0 Å². The highest BCUT2D eigenvalue weighted by molar-refractivity contribution is 6.03. The molecule has 2 aromatic carbocycles. The van der Waals surface area contributed by atoms with E-state index in [0.29, 0.717) is 43.9 Å². The minimum Gasteiger partial charge on any atom is -0.490 e. The molecule has 11 nitrogen and oxygen atoms in total. The van der Waals surface area contributed by atoms with Crippen LogP contribution in [0.5, 0.6) is 11.5 Å². The van der Waals surface area contributed by atoms with Crippen molar-refractivity contribution >= 4 is 22.6 Å². The number of carbonyl (C=O) groups excluding carboxylic acids is 1. The van der Waals surface area contributed by atoms with Gasteiger partial charge in [0, 0.05) is 49.4 Å². The monoisotopic (exact) mass is 768 g/mol. The largest absolute Gasteiger partial charge is 0.490 e. The number of amides is 2. The van der Waals surface area contributed by atoms with Gasteiger partial charge in [-0.2, -0.15) is 0 Å². The lowest BCUT2D eigenvalue weighted by Crippen LogP contribution is -2.70. The summed E-state index contributed by atoms with van der Waals surface area (Å²) in [6.07, 6.45) is 10.9. The second-order valence-electron chi connectivity index (χ2n) is 16.2. The molecule has 3 aliphatic rings. The van der Waals surface area contributed by atoms with Crippen LogP contribution < -0.4 is 14.8 Å². The minimum absolute atomic E-state index is 0.114. The second kappa shape index (κ2) is 18.1. The van der Waals surface area contributed by atoms with Gasteiger partial charge in [-0.15, -0.1) is 6.58 Å². The molecule has 3 aromatic rings. The van der Waals surface area contributed by atoms with Crippen LogP contribution in [0.3, 0.4) is 0 Å². The van der Waals surface area contributed by atoms with E-state index in [1.165, 1.54) is 0 Å². The lowest BCUT2D eigenvalue weighted by molar-refractivity contribution is -0.252. The highest BCUT2D eigenvalue weighted by Gasteiger charge is 2.65. The number of fused-ring (bicyclic) bond motifs is 3. The highest BCUT2D eigenvalue weighted by Crippen LogP contribution is 2.61. The van der Waals surface area contributed by atoms with Crippen molar-refractivity contribution < 1.29 is 34.1 Å². The van der Waals surface area contributed by atoms with Crippen LogP contribution >= 0.6 is 0 Å². The van der Waals surface area contributed by atoms with Gasteiger partial charge in [0.1, 0.15) is 29.7 Å². The number of nitrogens with one attached hydrogen (secondary N) is 2. The van der Waals surface area contributed by atoms with Crippen LogP contribution in [0.4, 0.5) is 4.79 Å². The number of aromatic amines is 1. The summed E-state index contributed by atoms with van der Waals surface area (Å²) in [6, 6.07) is 15.1. The van der Waals surface area contributed by atoms with Crippen molar-refractivity contribution in [3.8, 4) is 11.5 Å². The maximum absolute atomic E-state index is 14.3. The number of benzene rings is 2. The first kappa shape index (κ1) is 41.1. The number of allylic oxidation sites excluding steroid dienone is 1. The lowest BCUT2D eigenvalue weighted by atomic mass is 9.55. The van der Waals surface area contributed by atoms with Crippen LogP contribution in [-0.2, 0) is 16.1 Å². The Labute approximate surface area is 331 Å². The predicted molar refractivity (Wildman–Crippen MR) is 220 cm³/mol. The van der Waals surface area contributed by atoms with E-state index in [9.17, 15) is 15.0 Å². The number of aliphatic hydroxyl groups is 2. The van der Waals surface area contributed by atoms with Gasteiger partial charge in [-0.05, 0) is 99.6 Å². The number of H-pyrrole nitrogens is 1. The normalized spacial score (nSPS) is 24.7. The number of unbranched alkanes of at least 4 members (excludes halogenated alkanes) is 2. The molecule has 6 rings (SSSR count). The van der Waals surface area contributed by atoms with Crippen LogP contribution in [0.2, 0.25) is 0 Å². The molecule has 2 aliphatic carbocycles. The molecule has 1 aliphatic heterocycles. The van der Waals surface area contributed by atoms with Gasteiger partial charge in [-0.25, -0.2) is 4.79 Å². The van der Waals surface area contributed by atoms with Crippen LogP contribution in [0.1, 0.15) is 82.9 Å². The molecular weight excluding hydrogens is 709 g/mol. The topological polar surface area (TPSA) is 138 Å². The minimum atomic E-state index is -1.33. The number of oxime groups is 1. The Morgan fingerprint density at radius 2 is 1.80 bits per heavy atom. The standard InChI is InChI=1S/C45H60N4O7/c1-7-23-53-33-19-20-39-36(27-33)41-34(17-12-14-22-51)30(15-11-13-21-50)26-35-38(48-56-44(3,4)5)28-40(45(55-39,42(35)41)54-24-8-2)49(6)43(52)46-29-32-25-31-16-9-10-18-37(31)47-32/h7-10,16,18-20,25-27,30,34,40-42,47,50-51H,1-2,11-15,17,21-24,28-29H2,3-6H3,(H,46,52). The van der Waals surface area contributed by atoms with Gasteiger partial charge in [0.25, 0.3) is 0 Å². The number of para-hydroxylation sites is 1. The van der Waals surface area contributed by atoms with Gasteiger partial charge < -0.3 is 44.5 Å². The molecule has 1 saturated carbocycles. The molecule has 2 heterocycles. The highest BCUT2D eigenvalue weighted by atomic mass is 16.7. The van der Waals surface area contributed by atoms with Crippen molar-refractivity contribution in [2.45, 2.75) is 95.6 Å².